The number of hydrogen-bond donors (Lipinski definition) is 0. The fraction of sp³-hybridized carbons (Fsp3) is 0.207. The number of benzene rings is 3. The first-order valence-corrected chi connectivity index (χ1v) is 14.1. The largest absolute Gasteiger partial charge is 0.268 e. The molecule has 0 radical (unpaired) electrons. The molecule has 3 aromatic heterocycles. The molecule has 0 N–H and O–H groups in total. The molecule has 3 heterocycles. The maximum absolute atomic E-state index is 14.0. The summed E-state index contributed by atoms with van der Waals surface area (Å²) in [5.74, 6) is 1.99. The van der Waals surface area contributed by atoms with Gasteiger partial charge in [-0.25, -0.2) is 8.97 Å². The van der Waals surface area contributed by atoms with Gasteiger partial charge < -0.3 is 0 Å². The Labute approximate surface area is 216 Å². The van der Waals surface area contributed by atoms with Gasteiger partial charge >= 0.3 is 0 Å². The van der Waals surface area contributed by atoms with Crippen molar-refractivity contribution in [1.29, 1.82) is 0 Å². The maximum Gasteiger partial charge on any atom is 0.268 e. The van der Waals surface area contributed by atoms with E-state index in [0.29, 0.717) is 11.7 Å². The lowest BCUT2D eigenvalue weighted by Gasteiger charge is -2.17. The highest BCUT2D eigenvalue weighted by atomic mass is 32.2. The van der Waals surface area contributed by atoms with Crippen LogP contribution in [0.15, 0.2) is 82.7 Å². The Morgan fingerprint density at radius 3 is 2.69 bits per heavy atom. The predicted octanol–water partition coefficient (Wildman–Crippen LogP) is 6.67. The van der Waals surface area contributed by atoms with E-state index < -0.39 is 0 Å². The molecule has 3 aromatic carbocycles. The molecule has 0 aliphatic heterocycles. The van der Waals surface area contributed by atoms with Crippen LogP contribution in [0.1, 0.15) is 29.3 Å². The minimum atomic E-state index is 0.00811. The molecule has 1 atom stereocenters. The van der Waals surface area contributed by atoms with E-state index in [9.17, 15) is 4.79 Å². The van der Waals surface area contributed by atoms with Crippen molar-refractivity contribution < 1.29 is 0 Å². The number of aromatic nitrogens is 4. The molecule has 0 saturated heterocycles. The number of para-hydroxylation sites is 1. The molecule has 0 spiro atoms. The Balaban J connectivity index is 1.44. The highest BCUT2D eigenvalue weighted by molar-refractivity contribution is 7.98. The Morgan fingerprint density at radius 2 is 1.81 bits per heavy atom. The van der Waals surface area contributed by atoms with Gasteiger partial charge in [0.2, 0.25) is 5.78 Å². The van der Waals surface area contributed by atoms with Crippen molar-refractivity contribution in [2.45, 2.75) is 37.1 Å². The molecule has 1 aliphatic carbocycles. The van der Waals surface area contributed by atoms with Crippen LogP contribution in [0.3, 0.4) is 0 Å². The number of aryl methyl sites for hydroxylation is 1. The minimum absolute atomic E-state index is 0.00811. The molecule has 1 aliphatic rings. The third kappa shape index (κ3) is 3.41. The van der Waals surface area contributed by atoms with Crippen molar-refractivity contribution in [2.24, 2.45) is 5.92 Å². The van der Waals surface area contributed by atoms with Gasteiger partial charge in [-0.3, -0.25) is 4.79 Å². The molecule has 7 heteroatoms. The van der Waals surface area contributed by atoms with Crippen LogP contribution >= 0.6 is 23.1 Å². The zero-order valence-corrected chi connectivity index (χ0v) is 21.5. The summed E-state index contributed by atoms with van der Waals surface area (Å²) < 4.78 is 3.86. The summed E-state index contributed by atoms with van der Waals surface area (Å²) in [7, 11) is 0. The van der Waals surface area contributed by atoms with Crippen LogP contribution in [-0.4, -0.2) is 19.2 Å². The van der Waals surface area contributed by atoms with Gasteiger partial charge in [-0.1, -0.05) is 79.3 Å². The van der Waals surface area contributed by atoms with Crippen molar-refractivity contribution in [3.8, 4) is 5.69 Å². The van der Waals surface area contributed by atoms with Gasteiger partial charge in [0.15, 0.2) is 5.16 Å². The molecule has 178 valence electrons. The lowest BCUT2D eigenvalue weighted by Crippen LogP contribution is -2.22. The highest BCUT2D eigenvalue weighted by Crippen LogP contribution is 2.38. The zero-order valence-electron chi connectivity index (χ0n) is 19.8. The van der Waals surface area contributed by atoms with Crippen molar-refractivity contribution in [2.75, 3.05) is 0 Å². The molecule has 0 bridgehead atoms. The van der Waals surface area contributed by atoms with E-state index >= 15 is 0 Å². The van der Waals surface area contributed by atoms with E-state index in [-0.39, 0.29) is 5.56 Å². The van der Waals surface area contributed by atoms with Crippen LogP contribution in [-0.2, 0) is 18.6 Å². The van der Waals surface area contributed by atoms with E-state index in [0.717, 1.165) is 46.1 Å². The van der Waals surface area contributed by atoms with Crippen LogP contribution in [0.5, 0.6) is 0 Å². The molecule has 7 rings (SSSR count). The molecule has 0 saturated carbocycles. The van der Waals surface area contributed by atoms with Crippen LogP contribution < -0.4 is 5.56 Å². The Bertz CT molecular complexity index is 1810. The summed E-state index contributed by atoms with van der Waals surface area (Å²) in [5.41, 5.74) is 3.32. The monoisotopic (exact) mass is 508 g/mol. The SMILES string of the molecule is C[C@@H]1CCc2c(sc3c2c(=O)n(-c2ccccc2)c2nnc(SCc4cccc5ccccc45)n32)C1. The summed E-state index contributed by atoms with van der Waals surface area (Å²) in [6.45, 7) is 2.30. The van der Waals surface area contributed by atoms with Gasteiger partial charge in [-0.15, -0.1) is 21.5 Å². The lowest BCUT2D eigenvalue weighted by molar-refractivity contribution is 0.509. The van der Waals surface area contributed by atoms with Crippen LogP contribution in [0.4, 0.5) is 0 Å². The molecule has 0 amide bonds. The fourth-order valence-corrected chi connectivity index (χ4v) is 7.86. The van der Waals surface area contributed by atoms with E-state index in [1.165, 1.54) is 26.8 Å². The van der Waals surface area contributed by atoms with E-state index in [1.54, 1.807) is 27.7 Å². The second-order valence-corrected chi connectivity index (χ2v) is 11.6. The summed E-state index contributed by atoms with van der Waals surface area (Å²) in [6.07, 6.45) is 3.10. The lowest BCUT2D eigenvalue weighted by atomic mass is 9.89. The van der Waals surface area contributed by atoms with Gasteiger partial charge in [0.05, 0.1) is 11.1 Å². The van der Waals surface area contributed by atoms with Crippen molar-refractivity contribution in [3.05, 3.63) is 99.2 Å². The number of fused-ring (bicyclic) bond motifs is 6. The summed E-state index contributed by atoms with van der Waals surface area (Å²) in [5, 5.41) is 13.3. The van der Waals surface area contributed by atoms with Gasteiger partial charge in [-0.05, 0) is 59.2 Å². The van der Waals surface area contributed by atoms with Gasteiger partial charge in [0.1, 0.15) is 4.83 Å². The van der Waals surface area contributed by atoms with Gasteiger partial charge in [0, 0.05) is 10.6 Å². The van der Waals surface area contributed by atoms with E-state index in [2.05, 4.69) is 64.0 Å². The second kappa shape index (κ2) is 8.61. The third-order valence-electron chi connectivity index (χ3n) is 7.18. The molecule has 0 unspecified atom stereocenters. The Kier molecular flexibility index (Phi) is 5.22. The number of thioether (sulfide) groups is 1. The third-order valence-corrected chi connectivity index (χ3v) is 9.40. The molecule has 6 aromatic rings. The van der Waals surface area contributed by atoms with E-state index in [4.69, 9.17) is 0 Å². The molecule has 0 fully saturated rings. The van der Waals surface area contributed by atoms with Crippen LogP contribution in [0.25, 0.3) is 32.5 Å². The summed E-state index contributed by atoms with van der Waals surface area (Å²) in [4.78, 5) is 16.3. The Morgan fingerprint density at radius 1 is 1.00 bits per heavy atom. The number of nitrogens with zero attached hydrogens (tertiary/aromatic N) is 4. The number of hydrogen-bond acceptors (Lipinski definition) is 5. The van der Waals surface area contributed by atoms with Crippen LogP contribution in [0, 0.1) is 5.92 Å². The smallest absolute Gasteiger partial charge is 0.268 e. The van der Waals surface area contributed by atoms with Crippen LogP contribution in [0.2, 0.25) is 0 Å². The maximum atomic E-state index is 14.0. The topological polar surface area (TPSA) is 52.2 Å². The molecular formula is C29H24N4OS2. The first-order chi connectivity index (χ1) is 17.7. The average Bonchev–Trinajstić information content (AvgIpc) is 3.49. The standard InChI is InChI=1S/C29H24N4OS2/c1-18-14-15-23-24(16-18)36-27-25(23)26(34)32(21-11-3-2-4-12-21)28-30-31-29(33(27)28)35-17-20-10-7-9-19-8-5-6-13-22(19)20/h2-13,18H,14-17H2,1H3/t18-/m1/s1. The molecule has 5 nitrogen and oxygen atoms in total. The normalized spacial score (nSPS) is 15.6. The first-order valence-electron chi connectivity index (χ1n) is 12.3. The molecular weight excluding hydrogens is 484 g/mol. The first kappa shape index (κ1) is 21.8. The van der Waals surface area contributed by atoms with Gasteiger partial charge in [0.25, 0.3) is 5.56 Å². The number of rotatable bonds is 4. The minimum Gasteiger partial charge on any atom is -0.268 e. The summed E-state index contributed by atoms with van der Waals surface area (Å²) in [6, 6.07) is 24.7. The predicted molar refractivity (Wildman–Crippen MR) is 149 cm³/mol. The van der Waals surface area contributed by atoms with Crippen molar-refractivity contribution in [3.63, 3.8) is 0 Å². The van der Waals surface area contributed by atoms with Crippen molar-refractivity contribution >= 4 is 49.9 Å². The number of thiophene rings is 1. The quantitative estimate of drug-likeness (QED) is 0.250. The Hall–Kier alpha value is -3.42. The van der Waals surface area contributed by atoms with Gasteiger partial charge in [-0.2, -0.15) is 0 Å². The average molecular weight is 509 g/mol. The zero-order chi connectivity index (χ0) is 24.2. The summed E-state index contributed by atoms with van der Waals surface area (Å²) >= 11 is 3.43. The fourth-order valence-electron chi connectivity index (χ4n) is 5.37. The molecule has 36 heavy (non-hydrogen) atoms. The second-order valence-electron chi connectivity index (χ2n) is 9.55. The van der Waals surface area contributed by atoms with E-state index in [1.807, 2.05) is 30.3 Å². The van der Waals surface area contributed by atoms with Crippen molar-refractivity contribution in [1.82, 2.24) is 19.2 Å². The highest BCUT2D eigenvalue weighted by Gasteiger charge is 2.27.